The van der Waals surface area contributed by atoms with Crippen LogP contribution in [0, 0.1) is 0 Å². The molecule has 0 unspecified atom stereocenters. The highest BCUT2D eigenvalue weighted by molar-refractivity contribution is 6.32. The van der Waals surface area contributed by atoms with Crippen LogP contribution in [0.3, 0.4) is 0 Å². The molecule has 0 aliphatic carbocycles. The van der Waals surface area contributed by atoms with Crippen LogP contribution in [0.2, 0.25) is 5.02 Å². The van der Waals surface area contributed by atoms with Crippen LogP contribution >= 0.6 is 11.6 Å². The fraction of sp³-hybridized carbons (Fsp3) is 0.250. The highest BCUT2D eigenvalue weighted by Gasteiger charge is 2.14. The second-order valence-corrected chi connectivity index (χ2v) is 6.35. The summed E-state index contributed by atoms with van der Waals surface area (Å²) in [7, 11) is 0. The number of benzene rings is 2. The van der Waals surface area contributed by atoms with E-state index in [2.05, 4.69) is 27.4 Å². The summed E-state index contributed by atoms with van der Waals surface area (Å²) in [5.74, 6) is 1.69. The normalized spacial score (nSPS) is 10.5. The number of halogens is 1. The van der Waals surface area contributed by atoms with Crippen LogP contribution in [0.25, 0.3) is 0 Å². The Balaban J connectivity index is 1.74. The number of hydrogen-bond donors (Lipinski definition) is 1. The summed E-state index contributed by atoms with van der Waals surface area (Å²) >= 11 is 6.49. The van der Waals surface area contributed by atoms with E-state index in [-0.39, 0.29) is 0 Å². The van der Waals surface area contributed by atoms with E-state index in [4.69, 9.17) is 21.1 Å². The number of tetrazole rings is 1. The molecule has 7 nitrogen and oxygen atoms in total. The molecule has 1 N–H and O–H groups in total. The number of nitrogens with one attached hydrogen (secondary N) is 1. The predicted octanol–water partition coefficient (Wildman–Crippen LogP) is 4.10. The zero-order valence-electron chi connectivity index (χ0n) is 15.6. The van der Waals surface area contributed by atoms with E-state index >= 15 is 0 Å². The van der Waals surface area contributed by atoms with Crippen molar-refractivity contribution in [3.8, 4) is 11.5 Å². The van der Waals surface area contributed by atoms with Crippen LogP contribution in [0.5, 0.6) is 11.5 Å². The molecule has 0 atom stereocenters. The van der Waals surface area contributed by atoms with E-state index in [0.29, 0.717) is 48.8 Å². The molecule has 8 heteroatoms. The molecular formula is C20H22ClN5O2. The summed E-state index contributed by atoms with van der Waals surface area (Å²) < 4.78 is 13.3. The van der Waals surface area contributed by atoms with Crippen LogP contribution < -0.4 is 14.8 Å². The molecule has 146 valence electrons. The Morgan fingerprint density at radius 2 is 2.00 bits per heavy atom. The summed E-state index contributed by atoms with van der Waals surface area (Å²) in [6.45, 7) is 7.54. The highest BCUT2D eigenvalue weighted by atomic mass is 35.5. The van der Waals surface area contributed by atoms with E-state index in [1.165, 1.54) is 0 Å². The zero-order chi connectivity index (χ0) is 19.8. The molecule has 1 aromatic heterocycles. The van der Waals surface area contributed by atoms with Crippen molar-refractivity contribution in [2.24, 2.45) is 0 Å². The Hall–Kier alpha value is -3.06. The van der Waals surface area contributed by atoms with Gasteiger partial charge in [-0.1, -0.05) is 53.1 Å². The Labute approximate surface area is 168 Å². The molecule has 28 heavy (non-hydrogen) atoms. The van der Waals surface area contributed by atoms with Crippen molar-refractivity contribution in [2.45, 2.75) is 26.6 Å². The van der Waals surface area contributed by atoms with E-state index in [9.17, 15) is 0 Å². The van der Waals surface area contributed by atoms with Crippen molar-refractivity contribution in [1.82, 2.24) is 20.2 Å². The first-order valence-corrected chi connectivity index (χ1v) is 9.32. The van der Waals surface area contributed by atoms with Crippen LogP contribution in [0.15, 0.2) is 55.1 Å². The van der Waals surface area contributed by atoms with Gasteiger partial charge in [0, 0.05) is 6.54 Å². The third-order valence-electron chi connectivity index (χ3n) is 3.88. The Kier molecular flexibility index (Phi) is 6.86. The van der Waals surface area contributed by atoms with E-state index in [1.54, 1.807) is 10.8 Å². The second-order valence-electron chi connectivity index (χ2n) is 5.94. The highest BCUT2D eigenvalue weighted by Crippen LogP contribution is 2.37. The molecule has 0 spiro atoms. The van der Waals surface area contributed by atoms with Crippen LogP contribution in [-0.4, -0.2) is 26.8 Å². The quantitative estimate of drug-likeness (QED) is 0.517. The lowest BCUT2D eigenvalue weighted by Crippen LogP contribution is -2.09. The van der Waals surface area contributed by atoms with Crippen molar-refractivity contribution in [2.75, 3.05) is 11.9 Å². The van der Waals surface area contributed by atoms with Gasteiger partial charge >= 0.3 is 0 Å². The first-order valence-electron chi connectivity index (χ1n) is 8.94. The fourth-order valence-corrected chi connectivity index (χ4v) is 2.90. The van der Waals surface area contributed by atoms with Gasteiger partial charge in [0.2, 0.25) is 5.95 Å². The molecule has 0 saturated carbocycles. The third kappa shape index (κ3) is 5.01. The monoisotopic (exact) mass is 399 g/mol. The summed E-state index contributed by atoms with van der Waals surface area (Å²) in [6, 6.07) is 13.7. The van der Waals surface area contributed by atoms with Gasteiger partial charge in [0.15, 0.2) is 11.5 Å². The van der Waals surface area contributed by atoms with E-state index < -0.39 is 0 Å². The molecule has 0 saturated heterocycles. The van der Waals surface area contributed by atoms with Crippen molar-refractivity contribution in [1.29, 1.82) is 0 Å². The molecule has 0 aliphatic rings. The Bertz CT molecular complexity index is 914. The van der Waals surface area contributed by atoms with Crippen LogP contribution in [0.4, 0.5) is 5.95 Å². The van der Waals surface area contributed by atoms with Crippen molar-refractivity contribution < 1.29 is 9.47 Å². The molecule has 1 heterocycles. The van der Waals surface area contributed by atoms with Gasteiger partial charge in [-0.2, -0.15) is 0 Å². The number of ether oxygens (including phenoxy) is 2. The zero-order valence-corrected chi connectivity index (χ0v) is 16.4. The van der Waals surface area contributed by atoms with Crippen LogP contribution in [0.1, 0.15) is 18.1 Å². The molecule has 0 fully saturated rings. The first kappa shape index (κ1) is 19.7. The molecular weight excluding hydrogens is 378 g/mol. The second kappa shape index (κ2) is 9.75. The molecule has 2 aromatic carbocycles. The molecule has 0 radical (unpaired) electrons. The third-order valence-corrected chi connectivity index (χ3v) is 4.16. The molecule has 0 amide bonds. The molecule has 3 aromatic rings. The number of hydrogen-bond acceptors (Lipinski definition) is 6. The predicted molar refractivity (Wildman–Crippen MR) is 109 cm³/mol. The first-order chi connectivity index (χ1) is 13.7. The van der Waals surface area contributed by atoms with Gasteiger partial charge in [-0.05, 0) is 40.6 Å². The number of allylic oxidation sites excluding steroid dienone is 1. The van der Waals surface area contributed by atoms with E-state index in [0.717, 1.165) is 11.1 Å². The Morgan fingerprint density at radius 3 is 2.75 bits per heavy atom. The number of anilines is 1. The van der Waals surface area contributed by atoms with Gasteiger partial charge in [0.1, 0.15) is 6.61 Å². The lowest BCUT2D eigenvalue weighted by Gasteiger charge is -2.16. The SMILES string of the molecule is C=CCn1nnnc1NCc1cc(Cl)c(OCc2ccccc2)c(OCC)c1. The van der Waals surface area contributed by atoms with Crippen molar-refractivity contribution in [3.63, 3.8) is 0 Å². The molecule has 3 rings (SSSR count). The minimum absolute atomic E-state index is 0.411. The number of aromatic nitrogens is 4. The van der Waals surface area contributed by atoms with Gasteiger partial charge in [-0.25, -0.2) is 4.68 Å². The average molecular weight is 400 g/mol. The van der Waals surface area contributed by atoms with Gasteiger partial charge in [0.05, 0.1) is 18.2 Å². The molecule has 0 bridgehead atoms. The number of nitrogens with zero attached hydrogens (tertiary/aromatic N) is 4. The van der Waals surface area contributed by atoms with Gasteiger partial charge in [-0.15, -0.1) is 6.58 Å². The molecule has 0 aliphatic heterocycles. The maximum absolute atomic E-state index is 6.49. The lowest BCUT2D eigenvalue weighted by molar-refractivity contribution is 0.269. The average Bonchev–Trinajstić information content (AvgIpc) is 3.14. The van der Waals surface area contributed by atoms with Crippen molar-refractivity contribution in [3.05, 3.63) is 71.3 Å². The van der Waals surface area contributed by atoms with Gasteiger partial charge < -0.3 is 14.8 Å². The number of rotatable bonds is 10. The minimum atomic E-state index is 0.411. The maximum atomic E-state index is 6.49. The smallest absolute Gasteiger partial charge is 0.243 e. The minimum Gasteiger partial charge on any atom is -0.490 e. The van der Waals surface area contributed by atoms with Gasteiger partial charge in [0.25, 0.3) is 0 Å². The summed E-state index contributed by atoms with van der Waals surface area (Å²) in [6.07, 6.45) is 1.73. The summed E-state index contributed by atoms with van der Waals surface area (Å²) in [4.78, 5) is 0. The standard InChI is InChI=1S/C20H22ClN5O2/c1-3-10-26-20(23-24-25-26)22-13-16-11-17(21)19(18(12-16)27-4-2)28-14-15-8-6-5-7-9-15/h3,5-9,11-12H,1,4,10,13-14H2,2H3,(H,22,23,25). The summed E-state index contributed by atoms with van der Waals surface area (Å²) in [5.41, 5.74) is 1.98. The van der Waals surface area contributed by atoms with Gasteiger partial charge in [-0.3, -0.25) is 0 Å². The van der Waals surface area contributed by atoms with Crippen LogP contribution in [-0.2, 0) is 19.7 Å². The van der Waals surface area contributed by atoms with Crippen molar-refractivity contribution >= 4 is 17.5 Å². The fourth-order valence-electron chi connectivity index (χ4n) is 2.61. The summed E-state index contributed by atoms with van der Waals surface area (Å²) in [5, 5.41) is 15.2. The topological polar surface area (TPSA) is 74.1 Å². The Morgan fingerprint density at radius 1 is 1.18 bits per heavy atom. The van der Waals surface area contributed by atoms with E-state index in [1.807, 2.05) is 49.4 Å². The maximum Gasteiger partial charge on any atom is 0.243 e. The lowest BCUT2D eigenvalue weighted by atomic mass is 10.2. The largest absolute Gasteiger partial charge is 0.490 e.